The molecule has 0 bridgehead atoms. The predicted octanol–water partition coefficient (Wildman–Crippen LogP) is 2.98. The minimum absolute atomic E-state index is 0.0814. The van der Waals surface area contributed by atoms with Gasteiger partial charge in [-0.25, -0.2) is 9.97 Å². The molecule has 5 heteroatoms. The quantitative estimate of drug-likeness (QED) is 0.886. The van der Waals surface area contributed by atoms with E-state index in [1.54, 1.807) is 0 Å². The van der Waals surface area contributed by atoms with Gasteiger partial charge in [-0.05, 0) is 51.3 Å². The summed E-state index contributed by atoms with van der Waals surface area (Å²) in [4.78, 5) is 24.4. The zero-order valence-corrected chi connectivity index (χ0v) is 16.2. The van der Waals surface area contributed by atoms with Crippen LogP contribution in [-0.4, -0.2) is 39.9 Å². The third-order valence-corrected chi connectivity index (χ3v) is 5.88. The molecule has 2 fully saturated rings. The number of carbonyl (C=O) groups is 1. The molecule has 1 aromatic carbocycles. The van der Waals surface area contributed by atoms with Gasteiger partial charge in [0, 0.05) is 36.4 Å². The Kier molecular flexibility index (Phi) is 5.21. The van der Waals surface area contributed by atoms with E-state index in [0.29, 0.717) is 25.0 Å². The smallest absolute Gasteiger partial charge is 0.224 e. The highest BCUT2D eigenvalue weighted by molar-refractivity contribution is 5.80. The number of nitrogens with zero attached hydrogens (tertiary/aromatic N) is 3. The SMILES string of the molecule is Cc1cc(C)nc(CCNC(=O)[C@@H]2C[C@H](c3ccccc3)N3CCC[C@@H]23)n1. The van der Waals surface area contributed by atoms with Crippen molar-refractivity contribution in [1.29, 1.82) is 0 Å². The zero-order valence-electron chi connectivity index (χ0n) is 16.2. The molecule has 0 unspecified atom stereocenters. The first-order chi connectivity index (χ1) is 13.1. The van der Waals surface area contributed by atoms with Gasteiger partial charge >= 0.3 is 0 Å². The molecular weight excluding hydrogens is 336 g/mol. The summed E-state index contributed by atoms with van der Waals surface area (Å²) in [5.74, 6) is 1.08. The van der Waals surface area contributed by atoms with Gasteiger partial charge in [-0.1, -0.05) is 30.3 Å². The van der Waals surface area contributed by atoms with Gasteiger partial charge in [-0.3, -0.25) is 9.69 Å². The predicted molar refractivity (Wildman–Crippen MR) is 105 cm³/mol. The van der Waals surface area contributed by atoms with E-state index in [1.807, 2.05) is 19.9 Å². The van der Waals surface area contributed by atoms with Crippen molar-refractivity contribution in [1.82, 2.24) is 20.2 Å². The van der Waals surface area contributed by atoms with E-state index in [4.69, 9.17) is 0 Å². The number of aromatic nitrogens is 2. The van der Waals surface area contributed by atoms with E-state index in [-0.39, 0.29) is 11.8 Å². The summed E-state index contributed by atoms with van der Waals surface area (Å²) >= 11 is 0. The minimum atomic E-state index is 0.0814. The van der Waals surface area contributed by atoms with Crippen LogP contribution in [0.3, 0.4) is 0 Å². The number of nitrogens with one attached hydrogen (secondary N) is 1. The van der Waals surface area contributed by atoms with Crippen LogP contribution in [0.2, 0.25) is 0 Å². The molecule has 0 spiro atoms. The van der Waals surface area contributed by atoms with Gasteiger partial charge in [-0.15, -0.1) is 0 Å². The number of hydrogen-bond acceptors (Lipinski definition) is 4. The molecule has 3 atom stereocenters. The molecule has 2 aliphatic heterocycles. The summed E-state index contributed by atoms with van der Waals surface area (Å²) in [5.41, 5.74) is 3.29. The Morgan fingerprint density at radius 2 is 1.93 bits per heavy atom. The number of amides is 1. The molecular formula is C22H28N4O. The van der Waals surface area contributed by atoms with Crippen molar-refractivity contribution in [3.63, 3.8) is 0 Å². The molecule has 1 amide bonds. The third-order valence-electron chi connectivity index (χ3n) is 5.88. The average molecular weight is 364 g/mol. The third kappa shape index (κ3) is 3.88. The molecule has 0 radical (unpaired) electrons. The second kappa shape index (κ2) is 7.77. The molecule has 0 saturated carbocycles. The van der Waals surface area contributed by atoms with Gasteiger partial charge in [0.2, 0.25) is 5.91 Å². The van der Waals surface area contributed by atoms with Crippen molar-refractivity contribution in [2.75, 3.05) is 13.1 Å². The lowest BCUT2D eigenvalue weighted by Crippen LogP contribution is -2.38. The summed E-state index contributed by atoms with van der Waals surface area (Å²) in [7, 11) is 0. The zero-order chi connectivity index (χ0) is 18.8. The molecule has 27 heavy (non-hydrogen) atoms. The van der Waals surface area contributed by atoms with E-state index in [0.717, 1.165) is 36.6 Å². The van der Waals surface area contributed by atoms with E-state index in [2.05, 4.69) is 50.5 Å². The topological polar surface area (TPSA) is 58.1 Å². The van der Waals surface area contributed by atoms with Gasteiger partial charge in [0.15, 0.2) is 0 Å². The summed E-state index contributed by atoms with van der Waals surface area (Å²) in [6.45, 7) is 5.66. The van der Waals surface area contributed by atoms with Crippen LogP contribution in [0.4, 0.5) is 0 Å². The first-order valence-electron chi connectivity index (χ1n) is 10.0. The van der Waals surface area contributed by atoms with Crippen LogP contribution in [0.25, 0.3) is 0 Å². The maximum Gasteiger partial charge on any atom is 0.224 e. The number of benzene rings is 1. The molecule has 2 saturated heterocycles. The first kappa shape index (κ1) is 18.1. The lowest BCUT2D eigenvalue weighted by Gasteiger charge is -2.24. The Balaban J connectivity index is 1.38. The molecule has 1 N–H and O–H groups in total. The summed E-state index contributed by atoms with van der Waals surface area (Å²) in [5, 5.41) is 3.15. The number of aryl methyl sites for hydroxylation is 2. The van der Waals surface area contributed by atoms with Crippen LogP contribution >= 0.6 is 0 Å². The van der Waals surface area contributed by atoms with Crippen molar-refractivity contribution >= 4 is 5.91 Å². The summed E-state index contributed by atoms with van der Waals surface area (Å²) in [6.07, 6.45) is 3.91. The number of hydrogen-bond donors (Lipinski definition) is 1. The highest BCUT2D eigenvalue weighted by atomic mass is 16.2. The van der Waals surface area contributed by atoms with Gasteiger partial charge in [0.25, 0.3) is 0 Å². The summed E-state index contributed by atoms with van der Waals surface area (Å²) < 4.78 is 0. The van der Waals surface area contributed by atoms with E-state index < -0.39 is 0 Å². The number of rotatable bonds is 5. The fraction of sp³-hybridized carbons (Fsp3) is 0.500. The lowest BCUT2D eigenvalue weighted by molar-refractivity contribution is -0.125. The van der Waals surface area contributed by atoms with Gasteiger partial charge in [0.1, 0.15) is 5.82 Å². The molecule has 2 aliphatic rings. The number of carbonyl (C=O) groups excluding carboxylic acids is 1. The van der Waals surface area contributed by atoms with Gasteiger partial charge < -0.3 is 5.32 Å². The molecule has 2 aromatic rings. The highest BCUT2D eigenvalue weighted by Gasteiger charge is 2.46. The van der Waals surface area contributed by atoms with Crippen LogP contribution in [0.1, 0.15) is 48.1 Å². The molecule has 3 heterocycles. The Hall–Kier alpha value is -2.27. The Morgan fingerprint density at radius 3 is 2.67 bits per heavy atom. The molecule has 5 nitrogen and oxygen atoms in total. The van der Waals surface area contributed by atoms with Crippen LogP contribution < -0.4 is 5.32 Å². The molecule has 4 rings (SSSR count). The first-order valence-corrected chi connectivity index (χ1v) is 10.0. The number of fused-ring (bicyclic) bond motifs is 1. The van der Waals surface area contributed by atoms with Gasteiger partial charge in [-0.2, -0.15) is 0 Å². The van der Waals surface area contributed by atoms with Crippen LogP contribution in [0.5, 0.6) is 0 Å². The van der Waals surface area contributed by atoms with E-state index in [9.17, 15) is 4.79 Å². The van der Waals surface area contributed by atoms with E-state index >= 15 is 0 Å². The Bertz CT molecular complexity index is 787. The average Bonchev–Trinajstić information content (AvgIpc) is 3.24. The Labute approximate surface area is 161 Å². The molecule has 1 aromatic heterocycles. The minimum Gasteiger partial charge on any atom is -0.355 e. The van der Waals surface area contributed by atoms with Crippen molar-refractivity contribution in [2.45, 2.75) is 51.6 Å². The lowest BCUT2D eigenvalue weighted by atomic mass is 9.93. The van der Waals surface area contributed by atoms with Crippen molar-refractivity contribution in [2.24, 2.45) is 5.92 Å². The van der Waals surface area contributed by atoms with Crippen LogP contribution in [-0.2, 0) is 11.2 Å². The fourth-order valence-electron chi connectivity index (χ4n) is 4.79. The monoisotopic (exact) mass is 364 g/mol. The van der Waals surface area contributed by atoms with Crippen LogP contribution in [0, 0.1) is 19.8 Å². The second-order valence-corrected chi connectivity index (χ2v) is 7.82. The van der Waals surface area contributed by atoms with Crippen molar-refractivity contribution in [3.05, 3.63) is 59.2 Å². The maximum absolute atomic E-state index is 12.9. The molecule has 0 aliphatic carbocycles. The largest absolute Gasteiger partial charge is 0.355 e. The van der Waals surface area contributed by atoms with Crippen molar-refractivity contribution < 1.29 is 4.79 Å². The maximum atomic E-state index is 12.9. The second-order valence-electron chi connectivity index (χ2n) is 7.82. The molecule has 142 valence electrons. The van der Waals surface area contributed by atoms with Crippen molar-refractivity contribution in [3.8, 4) is 0 Å². The van der Waals surface area contributed by atoms with Crippen LogP contribution in [0.15, 0.2) is 36.4 Å². The standard InChI is InChI=1S/C22H28N4O/c1-15-13-16(2)25-21(24-15)10-11-23-22(27)18-14-20(17-7-4-3-5-8-17)26-12-6-9-19(18)26/h3-5,7-8,13,18-20H,6,9-12,14H2,1-2H3,(H,23,27)/t18-,19+,20-/m1/s1. The fourth-order valence-corrected chi connectivity index (χ4v) is 4.79. The van der Waals surface area contributed by atoms with Gasteiger partial charge in [0.05, 0.1) is 5.92 Å². The normalized spacial score (nSPS) is 24.7. The highest BCUT2D eigenvalue weighted by Crippen LogP contribution is 2.44. The van der Waals surface area contributed by atoms with E-state index in [1.165, 1.54) is 12.0 Å². The summed E-state index contributed by atoms with van der Waals surface area (Å²) in [6, 6.07) is 13.4. The Morgan fingerprint density at radius 1 is 1.19 bits per heavy atom.